The van der Waals surface area contributed by atoms with Gasteiger partial charge in [-0.15, -0.1) is 0 Å². The zero-order valence-electron chi connectivity index (χ0n) is 11.0. The fraction of sp³-hybridized carbons (Fsp3) is 1.00. The molecule has 0 aromatic heterocycles. The van der Waals surface area contributed by atoms with Gasteiger partial charge < -0.3 is 10.6 Å². The van der Waals surface area contributed by atoms with Gasteiger partial charge in [0.2, 0.25) is 0 Å². The smallest absolute Gasteiger partial charge is 0.0191 e. The lowest BCUT2D eigenvalue weighted by molar-refractivity contribution is 0.0794. The van der Waals surface area contributed by atoms with Crippen LogP contribution in [0.15, 0.2) is 0 Å². The van der Waals surface area contributed by atoms with Gasteiger partial charge in [0, 0.05) is 19.1 Å². The Hall–Kier alpha value is -0.0800. The minimum Gasteiger partial charge on any atom is -0.326 e. The first-order valence-electron chi connectivity index (χ1n) is 7.14. The SMILES string of the molecule is CC(C)[C@H](N)CN1CC[C@@H]2CCCC[C@@H]2C1. The molecule has 2 heteroatoms. The van der Waals surface area contributed by atoms with Crippen LogP contribution in [-0.2, 0) is 0 Å². The molecule has 2 nitrogen and oxygen atoms in total. The van der Waals surface area contributed by atoms with Crippen LogP contribution in [0.3, 0.4) is 0 Å². The zero-order chi connectivity index (χ0) is 11.5. The topological polar surface area (TPSA) is 29.3 Å². The van der Waals surface area contributed by atoms with E-state index in [1.54, 1.807) is 0 Å². The van der Waals surface area contributed by atoms with Crippen LogP contribution in [0.2, 0.25) is 0 Å². The van der Waals surface area contributed by atoms with Crippen molar-refractivity contribution in [2.45, 2.75) is 52.0 Å². The first kappa shape index (κ1) is 12.4. The van der Waals surface area contributed by atoms with E-state index in [1.807, 2.05) is 0 Å². The van der Waals surface area contributed by atoms with Crippen molar-refractivity contribution in [3.63, 3.8) is 0 Å². The van der Waals surface area contributed by atoms with Crippen molar-refractivity contribution in [2.75, 3.05) is 19.6 Å². The van der Waals surface area contributed by atoms with Crippen molar-refractivity contribution in [3.05, 3.63) is 0 Å². The molecule has 1 heterocycles. The molecular weight excluding hydrogens is 196 g/mol. The summed E-state index contributed by atoms with van der Waals surface area (Å²) in [4.78, 5) is 2.62. The highest BCUT2D eigenvalue weighted by Gasteiger charge is 2.31. The average molecular weight is 224 g/mol. The second-order valence-corrected chi connectivity index (χ2v) is 6.26. The Morgan fingerprint density at radius 3 is 2.50 bits per heavy atom. The lowest BCUT2D eigenvalue weighted by Crippen LogP contribution is -2.47. The molecule has 3 atom stereocenters. The maximum Gasteiger partial charge on any atom is 0.0191 e. The van der Waals surface area contributed by atoms with E-state index in [9.17, 15) is 0 Å². The monoisotopic (exact) mass is 224 g/mol. The van der Waals surface area contributed by atoms with E-state index in [2.05, 4.69) is 18.7 Å². The van der Waals surface area contributed by atoms with Gasteiger partial charge in [-0.3, -0.25) is 0 Å². The number of nitrogens with two attached hydrogens (primary N) is 1. The Kier molecular flexibility index (Phi) is 4.26. The van der Waals surface area contributed by atoms with Gasteiger partial charge >= 0.3 is 0 Å². The van der Waals surface area contributed by atoms with Crippen LogP contribution >= 0.6 is 0 Å². The van der Waals surface area contributed by atoms with E-state index in [4.69, 9.17) is 5.73 Å². The number of piperidine rings is 1. The van der Waals surface area contributed by atoms with Gasteiger partial charge in [0.15, 0.2) is 0 Å². The lowest BCUT2D eigenvalue weighted by atomic mass is 9.75. The molecule has 16 heavy (non-hydrogen) atoms. The predicted molar refractivity (Wildman–Crippen MR) is 69.3 cm³/mol. The fourth-order valence-electron chi connectivity index (χ4n) is 3.35. The summed E-state index contributed by atoms with van der Waals surface area (Å²) in [5, 5.41) is 0. The fourth-order valence-corrected chi connectivity index (χ4v) is 3.35. The number of likely N-dealkylation sites (tertiary alicyclic amines) is 1. The molecular formula is C14H28N2. The van der Waals surface area contributed by atoms with Gasteiger partial charge in [-0.1, -0.05) is 33.1 Å². The predicted octanol–water partition coefficient (Wildman–Crippen LogP) is 2.48. The highest BCUT2D eigenvalue weighted by molar-refractivity contribution is 4.85. The van der Waals surface area contributed by atoms with Crippen LogP contribution in [0.5, 0.6) is 0 Å². The summed E-state index contributed by atoms with van der Waals surface area (Å²) in [5.74, 6) is 2.64. The number of rotatable bonds is 3. The Bertz CT molecular complexity index is 215. The summed E-state index contributed by atoms with van der Waals surface area (Å²) in [5.41, 5.74) is 6.17. The second-order valence-electron chi connectivity index (χ2n) is 6.26. The summed E-state index contributed by atoms with van der Waals surface area (Å²) in [6.45, 7) is 8.20. The maximum atomic E-state index is 6.17. The molecule has 2 aliphatic rings. The highest BCUT2D eigenvalue weighted by Crippen LogP contribution is 2.35. The molecule has 0 aromatic rings. The quantitative estimate of drug-likeness (QED) is 0.798. The minimum absolute atomic E-state index is 0.361. The molecule has 2 fully saturated rings. The van der Waals surface area contributed by atoms with Gasteiger partial charge in [0.25, 0.3) is 0 Å². The molecule has 2 N–H and O–H groups in total. The van der Waals surface area contributed by atoms with Crippen LogP contribution < -0.4 is 5.73 Å². The van der Waals surface area contributed by atoms with Gasteiger partial charge in [0.1, 0.15) is 0 Å². The molecule has 1 aliphatic heterocycles. The van der Waals surface area contributed by atoms with Crippen LogP contribution in [0.4, 0.5) is 0 Å². The van der Waals surface area contributed by atoms with Crippen molar-refractivity contribution in [3.8, 4) is 0 Å². The molecule has 1 aliphatic carbocycles. The Morgan fingerprint density at radius 2 is 1.81 bits per heavy atom. The second kappa shape index (κ2) is 5.50. The first-order valence-corrected chi connectivity index (χ1v) is 7.14. The standard InChI is InChI=1S/C14H28N2/c1-11(2)14(15)10-16-8-7-12-5-3-4-6-13(12)9-16/h11-14H,3-10,15H2,1-2H3/t12-,13+,14+/m0/s1. The van der Waals surface area contributed by atoms with Gasteiger partial charge in [-0.05, 0) is 37.1 Å². The molecule has 0 unspecified atom stereocenters. The molecule has 1 saturated carbocycles. The maximum absolute atomic E-state index is 6.17. The third-order valence-electron chi connectivity index (χ3n) is 4.70. The summed E-state index contributed by atoms with van der Waals surface area (Å²) >= 11 is 0. The van der Waals surface area contributed by atoms with Crippen molar-refractivity contribution < 1.29 is 0 Å². The summed E-state index contributed by atoms with van der Waals surface area (Å²) in [6.07, 6.45) is 7.33. The van der Waals surface area contributed by atoms with Gasteiger partial charge in [0.05, 0.1) is 0 Å². The molecule has 94 valence electrons. The highest BCUT2D eigenvalue weighted by atomic mass is 15.1. The average Bonchev–Trinajstić information content (AvgIpc) is 2.28. The minimum atomic E-state index is 0.361. The van der Waals surface area contributed by atoms with Crippen molar-refractivity contribution in [1.82, 2.24) is 4.90 Å². The third kappa shape index (κ3) is 2.98. The molecule has 0 amide bonds. The number of hydrogen-bond acceptors (Lipinski definition) is 2. The van der Waals surface area contributed by atoms with E-state index in [0.717, 1.165) is 18.4 Å². The number of nitrogens with zero attached hydrogens (tertiary/aromatic N) is 1. The molecule has 1 saturated heterocycles. The van der Waals surface area contributed by atoms with Crippen LogP contribution in [0.25, 0.3) is 0 Å². The van der Waals surface area contributed by atoms with Crippen molar-refractivity contribution in [2.24, 2.45) is 23.5 Å². The Balaban J connectivity index is 1.80. The summed E-state index contributed by atoms with van der Waals surface area (Å²) in [7, 11) is 0. The van der Waals surface area contributed by atoms with Gasteiger partial charge in [-0.2, -0.15) is 0 Å². The first-order chi connectivity index (χ1) is 7.66. The normalized spacial score (nSPS) is 33.8. The number of hydrogen-bond donors (Lipinski definition) is 1. The van der Waals surface area contributed by atoms with Gasteiger partial charge in [-0.25, -0.2) is 0 Å². The molecule has 0 radical (unpaired) electrons. The number of fused-ring (bicyclic) bond motifs is 1. The Morgan fingerprint density at radius 1 is 1.12 bits per heavy atom. The third-order valence-corrected chi connectivity index (χ3v) is 4.70. The zero-order valence-corrected chi connectivity index (χ0v) is 11.0. The van der Waals surface area contributed by atoms with E-state index in [1.165, 1.54) is 45.2 Å². The van der Waals surface area contributed by atoms with E-state index >= 15 is 0 Å². The molecule has 2 rings (SSSR count). The van der Waals surface area contributed by atoms with Crippen LogP contribution in [-0.4, -0.2) is 30.6 Å². The summed E-state index contributed by atoms with van der Waals surface area (Å²) in [6, 6.07) is 0.361. The van der Waals surface area contributed by atoms with Crippen LogP contribution in [0, 0.1) is 17.8 Å². The van der Waals surface area contributed by atoms with E-state index in [0.29, 0.717) is 12.0 Å². The molecule has 0 aromatic carbocycles. The molecule has 0 spiro atoms. The Labute approximate surface area is 101 Å². The summed E-state index contributed by atoms with van der Waals surface area (Å²) < 4.78 is 0. The van der Waals surface area contributed by atoms with Crippen LogP contribution in [0.1, 0.15) is 46.0 Å². The van der Waals surface area contributed by atoms with E-state index in [-0.39, 0.29) is 0 Å². The molecule has 0 bridgehead atoms. The largest absolute Gasteiger partial charge is 0.326 e. The van der Waals surface area contributed by atoms with Crippen molar-refractivity contribution in [1.29, 1.82) is 0 Å². The van der Waals surface area contributed by atoms with E-state index < -0.39 is 0 Å². The lowest BCUT2D eigenvalue weighted by Gasteiger charge is -2.42. The van der Waals surface area contributed by atoms with Crippen molar-refractivity contribution >= 4 is 0 Å².